The average Bonchev–Trinajstić information content (AvgIpc) is 2.34. The summed E-state index contributed by atoms with van der Waals surface area (Å²) < 4.78 is 40.8. The van der Waals surface area contributed by atoms with E-state index in [1.54, 1.807) is 6.92 Å². The highest BCUT2D eigenvalue weighted by molar-refractivity contribution is 5.98. The van der Waals surface area contributed by atoms with E-state index in [9.17, 15) is 22.8 Å². The van der Waals surface area contributed by atoms with Crippen LogP contribution in [0, 0.1) is 11.6 Å². The molecule has 0 radical (unpaired) electrons. The highest BCUT2D eigenvalue weighted by Crippen LogP contribution is 2.21. The standard InChI is InChI=1S/C13H15F3N2O3/c1-4-21-18-11(19)10-8(14)5-7(6-9(10)15)17-12(20)13(2,3)16/h5-6H,4H2,1-3H3,(H,17,20)(H,18,19). The topological polar surface area (TPSA) is 67.4 Å². The SMILES string of the molecule is CCONC(=O)c1c(F)cc(NC(=O)C(C)(C)F)cc1F. The van der Waals surface area contributed by atoms with Gasteiger partial charge in [-0.05, 0) is 32.9 Å². The smallest absolute Gasteiger partial charge is 0.280 e. The minimum atomic E-state index is -2.21. The summed E-state index contributed by atoms with van der Waals surface area (Å²) in [5.74, 6) is -4.58. The molecular weight excluding hydrogens is 289 g/mol. The average molecular weight is 304 g/mol. The van der Waals surface area contributed by atoms with Crippen molar-refractivity contribution < 1.29 is 27.6 Å². The van der Waals surface area contributed by atoms with Gasteiger partial charge in [-0.3, -0.25) is 14.4 Å². The van der Waals surface area contributed by atoms with Gasteiger partial charge in [0, 0.05) is 5.69 Å². The number of nitrogens with one attached hydrogen (secondary N) is 2. The van der Waals surface area contributed by atoms with Crippen LogP contribution in [0.1, 0.15) is 31.1 Å². The van der Waals surface area contributed by atoms with E-state index in [-0.39, 0.29) is 12.3 Å². The Labute approximate surface area is 119 Å². The van der Waals surface area contributed by atoms with Crippen LogP contribution in [0.5, 0.6) is 0 Å². The van der Waals surface area contributed by atoms with Crippen molar-refractivity contribution in [2.75, 3.05) is 11.9 Å². The van der Waals surface area contributed by atoms with Gasteiger partial charge in [0.25, 0.3) is 11.8 Å². The summed E-state index contributed by atoms with van der Waals surface area (Å²) in [7, 11) is 0. The van der Waals surface area contributed by atoms with Gasteiger partial charge in [-0.2, -0.15) is 0 Å². The maximum absolute atomic E-state index is 13.7. The summed E-state index contributed by atoms with van der Waals surface area (Å²) in [6, 6.07) is 1.43. The summed E-state index contributed by atoms with van der Waals surface area (Å²) in [6.45, 7) is 3.69. The van der Waals surface area contributed by atoms with E-state index >= 15 is 0 Å². The van der Waals surface area contributed by atoms with E-state index < -0.39 is 34.7 Å². The van der Waals surface area contributed by atoms with Gasteiger partial charge in [0.2, 0.25) is 0 Å². The van der Waals surface area contributed by atoms with Gasteiger partial charge >= 0.3 is 0 Å². The van der Waals surface area contributed by atoms with Crippen LogP contribution in [0.2, 0.25) is 0 Å². The van der Waals surface area contributed by atoms with Crippen LogP contribution in [-0.4, -0.2) is 24.1 Å². The molecule has 0 saturated carbocycles. The zero-order valence-electron chi connectivity index (χ0n) is 11.7. The molecule has 2 N–H and O–H groups in total. The Balaban J connectivity index is 3.00. The van der Waals surface area contributed by atoms with Crippen molar-refractivity contribution in [3.05, 3.63) is 29.3 Å². The van der Waals surface area contributed by atoms with Gasteiger partial charge in [-0.1, -0.05) is 0 Å². The molecule has 0 aliphatic heterocycles. The molecule has 1 rings (SSSR count). The first-order valence-electron chi connectivity index (χ1n) is 6.08. The Bertz CT molecular complexity index is 533. The zero-order chi connectivity index (χ0) is 16.2. The van der Waals surface area contributed by atoms with E-state index in [1.807, 2.05) is 10.8 Å². The van der Waals surface area contributed by atoms with Crippen LogP contribution >= 0.6 is 0 Å². The molecule has 0 saturated heterocycles. The predicted octanol–water partition coefficient (Wildman–Crippen LogP) is 2.33. The number of amides is 2. The van der Waals surface area contributed by atoms with Crippen molar-refractivity contribution in [2.24, 2.45) is 0 Å². The first-order valence-corrected chi connectivity index (χ1v) is 6.08. The summed E-state index contributed by atoms with van der Waals surface area (Å²) in [5, 5.41) is 2.02. The quantitative estimate of drug-likeness (QED) is 0.820. The number of alkyl halides is 1. The molecule has 0 bridgehead atoms. The van der Waals surface area contributed by atoms with Gasteiger partial charge in [-0.25, -0.2) is 18.7 Å². The van der Waals surface area contributed by atoms with Gasteiger partial charge in [-0.15, -0.1) is 0 Å². The van der Waals surface area contributed by atoms with Crippen molar-refractivity contribution in [3.8, 4) is 0 Å². The number of hydroxylamine groups is 1. The lowest BCUT2D eigenvalue weighted by molar-refractivity contribution is -0.125. The summed E-state index contributed by atoms with van der Waals surface area (Å²) >= 11 is 0. The molecule has 0 aliphatic carbocycles. The van der Waals surface area contributed by atoms with Crippen LogP contribution < -0.4 is 10.8 Å². The lowest BCUT2D eigenvalue weighted by Crippen LogP contribution is -2.32. The molecule has 1 aromatic carbocycles. The molecule has 21 heavy (non-hydrogen) atoms. The van der Waals surface area contributed by atoms with Crippen molar-refractivity contribution >= 4 is 17.5 Å². The van der Waals surface area contributed by atoms with Gasteiger partial charge in [0.15, 0.2) is 5.67 Å². The molecule has 116 valence electrons. The Kier molecular flexibility index (Phi) is 5.31. The fourth-order valence-corrected chi connectivity index (χ4v) is 1.33. The van der Waals surface area contributed by atoms with E-state index in [0.717, 1.165) is 13.8 Å². The number of carbonyl (C=O) groups excluding carboxylic acids is 2. The maximum atomic E-state index is 13.7. The highest BCUT2D eigenvalue weighted by Gasteiger charge is 2.27. The van der Waals surface area contributed by atoms with Crippen molar-refractivity contribution in [1.29, 1.82) is 0 Å². The third-order valence-corrected chi connectivity index (χ3v) is 2.38. The summed E-state index contributed by atoms with van der Waals surface area (Å²) in [6.07, 6.45) is 0. The molecule has 1 aromatic rings. The zero-order valence-corrected chi connectivity index (χ0v) is 11.7. The molecular formula is C13H15F3N2O3. The molecule has 5 nitrogen and oxygen atoms in total. The number of carbonyl (C=O) groups is 2. The third kappa shape index (κ3) is 4.45. The maximum Gasteiger partial charge on any atom is 0.280 e. The minimum absolute atomic E-state index is 0.120. The van der Waals surface area contributed by atoms with Gasteiger partial charge < -0.3 is 5.32 Å². The first kappa shape index (κ1) is 17.0. The number of halogens is 3. The minimum Gasteiger partial charge on any atom is -0.323 e. The summed E-state index contributed by atoms with van der Waals surface area (Å²) in [4.78, 5) is 27.4. The van der Waals surface area contributed by atoms with Crippen LogP contribution in [-0.2, 0) is 9.63 Å². The van der Waals surface area contributed by atoms with Crippen molar-refractivity contribution in [3.63, 3.8) is 0 Å². The Morgan fingerprint density at radius 3 is 2.19 bits per heavy atom. The van der Waals surface area contributed by atoms with Crippen LogP contribution in [0.3, 0.4) is 0 Å². The lowest BCUT2D eigenvalue weighted by atomic mass is 10.1. The van der Waals surface area contributed by atoms with Gasteiger partial charge in [0.1, 0.15) is 17.2 Å². The second-order valence-corrected chi connectivity index (χ2v) is 4.61. The number of anilines is 1. The Hall–Kier alpha value is -2.09. The molecule has 0 heterocycles. The van der Waals surface area contributed by atoms with Crippen LogP contribution in [0.4, 0.5) is 18.9 Å². The number of benzene rings is 1. The van der Waals surface area contributed by atoms with E-state index in [1.165, 1.54) is 0 Å². The van der Waals surface area contributed by atoms with E-state index in [2.05, 4.69) is 4.84 Å². The number of hydrogen-bond acceptors (Lipinski definition) is 3. The molecule has 0 aliphatic rings. The molecule has 0 atom stereocenters. The Morgan fingerprint density at radius 2 is 1.76 bits per heavy atom. The molecule has 0 spiro atoms. The monoisotopic (exact) mass is 304 g/mol. The normalized spacial score (nSPS) is 11.1. The second kappa shape index (κ2) is 6.57. The van der Waals surface area contributed by atoms with Gasteiger partial charge in [0.05, 0.1) is 6.61 Å². The van der Waals surface area contributed by atoms with Crippen molar-refractivity contribution in [2.45, 2.75) is 26.4 Å². The largest absolute Gasteiger partial charge is 0.323 e. The first-order chi connectivity index (χ1) is 9.66. The fraction of sp³-hybridized carbons (Fsp3) is 0.385. The van der Waals surface area contributed by atoms with Crippen LogP contribution in [0.15, 0.2) is 12.1 Å². The third-order valence-electron chi connectivity index (χ3n) is 2.38. The summed E-state index contributed by atoms with van der Waals surface area (Å²) in [5.41, 5.74) is -1.52. The van der Waals surface area contributed by atoms with E-state index in [4.69, 9.17) is 0 Å². The van der Waals surface area contributed by atoms with Crippen molar-refractivity contribution in [1.82, 2.24) is 5.48 Å². The number of rotatable bonds is 5. The predicted molar refractivity (Wildman–Crippen MR) is 69.3 cm³/mol. The lowest BCUT2D eigenvalue weighted by Gasteiger charge is -2.15. The molecule has 0 aromatic heterocycles. The molecule has 8 heteroatoms. The fourth-order valence-electron chi connectivity index (χ4n) is 1.33. The van der Waals surface area contributed by atoms with E-state index in [0.29, 0.717) is 12.1 Å². The Morgan fingerprint density at radius 1 is 1.24 bits per heavy atom. The molecule has 0 unspecified atom stereocenters. The van der Waals surface area contributed by atoms with Crippen LogP contribution in [0.25, 0.3) is 0 Å². The second-order valence-electron chi connectivity index (χ2n) is 4.61. The highest BCUT2D eigenvalue weighted by atomic mass is 19.1. The molecule has 2 amide bonds. The number of hydrogen-bond donors (Lipinski definition) is 2. The molecule has 0 fully saturated rings.